The second kappa shape index (κ2) is 6.70. The Hall–Kier alpha value is -2.89. The number of rotatable bonds is 5. The lowest BCUT2D eigenvalue weighted by Crippen LogP contribution is -2.06. The van der Waals surface area contributed by atoms with Gasteiger partial charge in [0.2, 0.25) is 0 Å². The number of benzene rings is 2. The number of alkyl halides is 2. The Balaban J connectivity index is 2.00. The molecule has 0 saturated heterocycles. The molecule has 0 unspecified atom stereocenters. The van der Waals surface area contributed by atoms with Crippen molar-refractivity contribution >= 4 is 11.0 Å². The smallest absolute Gasteiger partial charge is 0.387 e. The first-order chi connectivity index (χ1) is 11.6. The van der Waals surface area contributed by atoms with E-state index in [0.29, 0.717) is 28.9 Å². The summed E-state index contributed by atoms with van der Waals surface area (Å²) in [4.78, 5) is 12.6. The van der Waals surface area contributed by atoms with Crippen LogP contribution >= 0.6 is 0 Å². The predicted octanol–water partition coefficient (Wildman–Crippen LogP) is 4.46. The van der Waals surface area contributed by atoms with Crippen LogP contribution in [0.1, 0.15) is 6.92 Å². The SMILES string of the molecule is CCOc1ccc(-c2coc3cc(OC(F)F)ccc3c2=O)cc1. The summed E-state index contributed by atoms with van der Waals surface area (Å²) in [7, 11) is 0. The zero-order valence-electron chi connectivity index (χ0n) is 12.8. The number of ether oxygens (including phenoxy) is 2. The van der Waals surface area contributed by atoms with E-state index in [0.717, 1.165) is 0 Å². The first kappa shape index (κ1) is 16.0. The molecule has 24 heavy (non-hydrogen) atoms. The lowest BCUT2D eigenvalue weighted by Gasteiger charge is -2.07. The molecule has 0 bridgehead atoms. The van der Waals surface area contributed by atoms with Crippen LogP contribution in [-0.2, 0) is 0 Å². The van der Waals surface area contributed by atoms with E-state index in [2.05, 4.69) is 4.74 Å². The number of hydrogen-bond acceptors (Lipinski definition) is 4. The number of fused-ring (bicyclic) bond motifs is 1. The third-order valence-corrected chi connectivity index (χ3v) is 3.45. The van der Waals surface area contributed by atoms with Crippen molar-refractivity contribution in [2.24, 2.45) is 0 Å². The molecule has 0 aliphatic rings. The highest BCUT2D eigenvalue weighted by atomic mass is 19.3. The molecule has 0 radical (unpaired) electrons. The molecule has 0 amide bonds. The van der Waals surface area contributed by atoms with Crippen molar-refractivity contribution in [2.75, 3.05) is 6.61 Å². The minimum absolute atomic E-state index is 0.0607. The summed E-state index contributed by atoms with van der Waals surface area (Å²) in [6.07, 6.45) is 1.31. The second-order valence-electron chi connectivity index (χ2n) is 4.97. The van der Waals surface area contributed by atoms with Crippen LogP contribution in [0.2, 0.25) is 0 Å². The van der Waals surface area contributed by atoms with E-state index in [1.54, 1.807) is 24.3 Å². The second-order valence-corrected chi connectivity index (χ2v) is 4.97. The van der Waals surface area contributed by atoms with Gasteiger partial charge in [0.15, 0.2) is 5.43 Å². The fraction of sp³-hybridized carbons (Fsp3) is 0.167. The Kier molecular flexibility index (Phi) is 4.46. The monoisotopic (exact) mass is 332 g/mol. The van der Waals surface area contributed by atoms with E-state index >= 15 is 0 Å². The van der Waals surface area contributed by atoms with Crippen molar-refractivity contribution in [2.45, 2.75) is 13.5 Å². The van der Waals surface area contributed by atoms with Gasteiger partial charge >= 0.3 is 6.61 Å². The topological polar surface area (TPSA) is 48.7 Å². The lowest BCUT2D eigenvalue weighted by molar-refractivity contribution is -0.0497. The van der Waals surface area contributed by atoms with Gasteiger partial charge in [0.25, 0.3) is 0 Å². The van der Waals surface area contributed by atoms with Crippen LogP contribution in [-0.4, -0.2) is 13.2 Å². The predicted molar refractivity (Wildman–Crippen MR) is 85.7 cm³/mol. The molecular formula is C18H14F2O4. The van der Waals surface area contributed by atoms with Gasteiger partial charge in [0, 0.05) is 6.07 Å². The molecule has 1 aromatic heterocycles. The fourth-order valence-corrected chi connectivity index (χ4v) is 2.38. The van der Waals surface area contributed by atoms with E-state index in [4.69, 9.17) is 9.15 Å². The lowest BCUT2D eigenvalue weighted by atomic mass is 10.1. The largest absolute Gasteiger partial charge is 0.494 e. The summed E-state index contributed by atoms with van der Waals surface area (Å²) in [5.41, 5.74) is 1.01. The summed E-state index contributed by atoms with van der Waals surface area (Å²) in [5, 5.41) is 0.294. The van der Waals surface area contributed by atoms with Gasteiger partial charge in [-0.1, -0.05) is 12.1 Å². The highest BCUT2D eigenvalue weighted by molar-refractivity contribution is 5.82. The highest BCUT2D eigenvalue weighted by Gasteiger charge is 2.11. The molecule has 1 heterocycles. The third-order valence-electron chi connectivity index (χ3n) is 3.45. The molecule has 124 valence electrons. The van der Waals surface area contributed by atoms with Crippen LogP contribution in [0.4, 0.5) is 8.78 Å². The Morgan fingerprint density at radius 3 is 2.46 bits per heavy atom. The molecule has 0 spiro atoms. The molecule has 0 atom stereocenters. The molecule has 0 saturated carbocycles. The van der Waals surface area contributed by atoms with Gasteiger partial charge in [-0.3, -0.25) is 4.79 Å². The van der Waals surface area contributed by atoms with Gasteiger partial charge in [-0.25, -0.2) is 0 Å². The van der Waals surface area contributed by atoms with Crippen molar-refractivity contribution in [1.29, 1.82) is 0 Å². The maximum atomic E-state index is 12.6. The Labute approximate surface area is 136 Å². The van der Waals surface area contributed by atoms with Gasteiger partial charge in [-0.15, -0.1) is 0 Å². The van der Waals surface area contributed by atoms with E-state index in [1.807, 2.05) is 6.92 Å². The van der Waals surface area contributed by atoms with Crippen molar-refractivity contribution < 1.29 is 22.7 Å². The molecule has 6 heteroatoms. The van der Waals surface area contributed by atoms with Crippen LogP contribution in [0.25, 0.3) is 22.1 Å². The number of halogens is 2. The average molecular weight is 332 g/mol. The van der Waals surface area contributed by atoms with Crippen LogP contribution in [0.5, 0.6) is 11.5 Å². The van der Waals surface area contributed by atoms with Crippen molar-refractivity contribution in [3.05, 3.63) is 59.0 Å². The van der Waals surface area contributed by atoms with E-state index < -0.39 is 6.61 Å². The maximum absolute atomic E-state index is 12.6. The summed E-state index contributed by atoms with van der Waals surface area (Å²) < 4.78 is 39.6. The van der Waals surface area contributed by atoms with Gasteiger partial charge in [0.05, 0.1) is 17.6 Å². The Morgan fingerprint density at radius 1 is 1.08 bits per heavy atom. The molecule has 0 N–H and O–H groups in total. The molecule has 0 aliphatic heterocycles. The average Bonchev–Trinajstić information content (AvgIpc) is 2.56. The van der Waals surface area contributed by atoms with Gasteiger partial charge in [-0.05, 0) is 36.8 Å². The fourth-order valence-electron chi connectivity index (χ4n) is 2.38. The van der Waals surface area contributed by atoms with Crippen LogP contribution in [0.15, 0.2) is 57.9 Å². The van der Waals surface area contributed by atoms with E-state index in [-0.39, 0.29) is 16.8 Å². The van der Waals surface area contributed by atoms with Crippen LogP contribution in [0, 0.1) is 0 Å². The molecule has 2 aromatic carbocycles. The molecule has 3 rings (SSSR count). The van der Waals surface area contributed by atoms with Crippen molar-refractivity contribution in [3.8, 4) is 22.6 Å². The summed E-state index contributed by atoms with van der Waals surface area (Å²) in [6, 6.07) is 11.0. The quantitative estimate of drug-likeness (QED) is 0.692. The minimum atomic E-state index is -2.93. The molecule has 0 aliphatic carbocycles. The zero-order chi connectivity index (χ0) is 17.1. The normalized spacial score (nSPS) is 11.0. The van der Waals surface area contributed by atoms with Crippen molar-refractivity contribution in [1.82, 2.24) is 0 Å². The third kappa shape index (κ3) is 3.22. The first-order valence-electron chi connectivity index (χ1n) is 7.32. The van der Waals surface area contributed by atoms with E-state index in [9.17, 15) is 13.6 Å². The zero-order valence-corrected chi connectivity index (χ0v) is 12.8. The van der Waals surface area contributed by atoms with Crippen molar-refractivity contribution in [3.63, 3.8) is 0 Å². The van der Waals surface area contributed by atoms with E-state index in [1.165, 1.54) is 24.5 Å². The first-order valence-corrected chi connectivity index (χ1v) is 7.32. The van der Waals surface area contributed by atoms with Gasteiger partial charge in [0.1, 0.15) is 23.3 Å². The summed E-state index contributed by atoms with van der Waals surface area (Å²) in [5.74, 6) is 0.648. The van der Waals surface area contributed by atoms with Gasteiger partial charge in [-0.2, -0.15) is 8.78 Å². The molecule has 3 aromatic rings. The Bertz CT molecular complexity index is 901. The standard InChI is InChI=1S/C18H14F2O4/c1-2-22-12-5-3-11(4-6-12)15-10-23-16-9-13(24-18(19)20)7-8-14(16)17(15)21/h3-10,18H,2H2,1H3. The number of hydrogen-bond donors (Lipinski definition) is 0. The summed E-state index contributed by atoms with van der Waals surface area (Å²) in [6.45, 7) is -0.490. The maximum Gasteiger partial charge on any atom is 0.387 e. The molecular weight excluding hydrogens is 318 g/mol. The highest BCUT2D eigenvalue weighted by Crippen LogP contribution is 2.25. The Morgan fingerprint density at radius 2 is 1.79 bits per heavy atom. The minimum Gasteiger partial charge on any atom is -0.494 e. The van der Waals surface area contributed by atoms with Crippen LogP contribution in [0.3, 0.4) is 0 Å². The van der Waals surface area contributed by atoms with Crippen LogP contribution < -0.4 is 14.9 Å². The molecule has 0 fully saturated rings. The van der Waals surface area contributed by atoms with Gasteiger partial charge < -0.3 is 13.9 Å². The molecule has 4 nitrogen and oxygen atoms in total. The summed E-state index contributed by atoms with van der Waals surface area (Å²) >= 11 is 0.